The van der Waals surface area contributed by atoms with Crippen LogP contribution in [-0.2, 0) is 4.79 Å². The summed E-state index contributed by atoms with van der Waals surface area (Å²) in [5.41, 5.74) is 1.25. The van der Waals surface area contributed by atoms with Gasteiger partial charge in [0.05, 0.1) is 11.4 Å². The number of imide groups is 1. The Hall–Kier alpha value is -2.73. The van der Waals surface area contributed by atoms with Gasteiger partial charge in [0.15, 0.2) is 5.78 Å². The summed E-state index contributed by atoms with van der Waals surface area (Å²) < 4.78 is 0. The van der Waals surface area contributed by atoms with E-state index in [4.69, 9.17) is 0 Å². The van der Waals surface area contributed by atoms with Crippen LogP contribution >= 0.6 is 11.8 Å². The Kier molecular flexibility index (Phi) is 4.34. The topological polar surface area (TPSA) is 67.3 Å². The van der Waals surface area contributed by atoms with E-state index >= 15 is 0 Å². The van der Waals surface area contributed by atoms with E-state index in [0.29, 0.717) is 10.5 Å². The van der Waals surface area contributed by atoms with Crippen molar-refractivity contribution >= 4 is 34.8 Å². The molecule has 2 aromatic rings. The zero-order valence-corrected chi connectivity index (χ0v) is 12.8. The summed E-state index contributed by atoms with van der Waals surface area (Å²) in [7, 11) is 0. The van der Waals surface area contributed by atoms with Crippen LogP contribution in [0.15, 0.2) is 59.8 Å². The van der Waals surface area contributed by atoms with Gasteiger partial charge in [-0.15, -0.1) is 0 Å². The van der Waals surface area contributed by atoms with Crippen molar-refractivity contribution in [1.82, 2.24) is 9.88 Å². The fourth-order valence-electron chi connectivity index (χ4n) is 2.11. The van der Waals surface area contributed by atoms with Gasteiger partial charge in [0.25, 0.3) is 11.1 Å². The first kappa shape index (κ1) is 15.2. The average molecular weight is 324 g/mol. The predicted molar refractivity (Wildman–Crippen MR) is 87.7 cm³/mol. The summed E-state index contributed by atoms with van der Waals surface area (Å²) in [6, 6.07) is 12.1. The molecule has 1 saturated heterocycles. The number of hydrogen-bond donors (Lipinski definition) is 0. The SMILES string of the molecule is O=C(CN1C(=O)S/C(=C/c2ccncc2)C1=O)c1ccccc1. The third-order valence-corrected chi connectivity index (χ3v) is 4.18. The predicted octanol–water partition coefficient (Wildman–Crippen LogP) is 3.00. The lowest BCUT2D eigenvalue weighted by atomic mass is 10.1. The monoisotopic (exact) mass is 324 g/mol. The van der Waals surface area contributed by atoms with E-state index in [0.717, 1.165) is 22.2 Å². The van der Waals surface area contributed by atoms with Gasteiger partial charge in [-0.25, -0.2) is 0 Å². The van der Waals surface area contributed by atoms with Gasteiger partial charge in [0.1, 0.15) is 0 Å². The highest BCUT2D eigenvalue weighted by Crippen LogP contribution is 2.32. The second-order valence-electron chi connectivity index (χ2n) is 4.84. The molecule has 0 saturated carbocycles. The number of carbonyl (C=O) groups excluding carboxylic acids is 3. The summed E-state index contributed by atoms with van der Waals surface area (Å²) in [6.07, 6.45) is 4.84. The Morgan fingerprint density at radius 2 is 1.78 bits per heavy atom. The minimum absolute atomic E-state index is 0.248. The number of carbonyl (C=O) groups is 3. The first-order valence-corrected chi connectivity index (χ1v) is 7.70. The molecule has 114 valence electrons. The van der Waals surface area contributed by atoms with Crippen molar-refractivity contribution in [2.45, 2.75) is 0 Å². The Morgan fingerprint density at radius 1 is 1.09 bits per heavy atom. The second-order valence-corrected chi connectivity index (χ2v) is 5.83. The molecule has 0 radical (unpaired) electrons. The summed E-state index contributed by atoms with van der Waals surface area (Å²) >= 11 is 0.840. The number of amides is 2. The van der Waals surface area contributed by atoms with Gasteiger partial charge in [0, 0.05) is 18.0 Å². The van der Waals surface area contributed by atoms with Crippen molar-refractivity contribution in [2.24, 2.45) is 0 Å². The average Bonchev–Trinajstić information content (AvgIpc) is 2.84. The Balaban J connectivity index is 1.77. The zero-order chi connectivity index (χ0) is 16.2. The molecule has 0 aliphatic carbocycles. The number of benzene rings is 1. The van der Waals surface area contributed by atoms with Crippen LogP contribution in [-0.4, -0.2) is 33.4 Å². The van der Waals surface area contributed by atoms with Crippen molar-refractivity contribution in [3.8, 4) is 0 Å². The highest BCUT2D eigenvalue weighted by molar-refractivity contribution is 8.18. The zero-order valence-electron chi connectivity index (χ0n) is 12.0. The van der Waals surface area contributed by atoms with Gasteiger partial charge < -0.3 is 0 Å². The third kappa shape index (κ3) is 3.37. The maximum absolute atomic E-state index is 12.3. The number of aromatic nitrogens is 1. The number of pyridine rings is 1. The van der Waals surface area contributed by atoms with Crippen LogP contribution in [0.25, 0.3) is 6.08 Å². The molecule has 1 aliphatic rings. The smallest absolute Gasteiger partial charge is 0.292 e. The lowest BCUT2D eigenvalue weighted by molar-refractivity contribution is -0.122. The molecule has 0 N–H and O–H groups in total. The van der Waals surface area contributed by atoms with E-state index < -0.39 is 11.1 Å². The van der Waals surface area contributed by atoms with Gasteiger partial charge in [-0.2, -0.15) is 0 Å². The van der Waals surface area contributed by atoms with Gasteiger partial charge in [-0.1, -0.05) is 30.3 Å². The van der Waals surface area contributed by atoms with Crippen LogP contribution in [0.2, 0.25) is 0 Å². The van der Waals surface area contributed by atoms with Crippen molar-refractivity contribution < 1.29 is 14.4 Å². The van der Waals surface area contributed by atoms with Crippen molar-refractivity contribution in [1.29, 1.82) is 0 Å². The van der Waals surface area contributed by atoms with Crippen LogP contribution in [0.5, 0.6) is 0 Å². The lowest BCUT2D eigenvalue weighted by Crippen LogP contribution is -2.33. The number of ketones is 1. The first-order valence-electron chi connectivity index (χ1n) is 6.89. The summed E-state index contributed by atoms with van der Waals surface area (Å²) in [5, 5.41) is -0.431. The van der Waals surface area contributed by atoms with Gasteiger partial charge in [-0.3, -0.25) is 24.3 Å². The maximum Gasteiger partial charge on any atom is 0.293 e. The third-order valence-electron chi connectivity index (χ3n) is 3.27. The molecule has 3 rings (SSSR count). The molecule has 6 heteroatoms. The molecule has 0 atom stereocenters. The molecule has 2 amide bonds. The number of thioether (sulfide) groups is 1. The van der Waals surface area contributed by atoms with E-state index in [2.05, 4.69) is 4.98 Å². The fraction of sp³-hybridized carbons (Fsp3) is 0.0588. The minimum Gasteiger partial charge on any atom is -0.292 e. The van der Waals surface area contributed by atoms with Crippen molar-refractivity contribution in [2.75, 3.05) is 6.54 Å². The molecule has 1 aromatic heterocycles. The molecule has 1 fully saturated rings. The fourth-order valence-corrected chi connectivity index (χ4v) is 2.94. The van der Waals surface area contributed by atoms with Crippen LogP contribution in [0.1, 0.15) is 15.9 Å². The van der Waals surface area contributed by atoms with E-state index in [1.54, 1.807) is 60.9 Å². The molecule has 0 bridgehead atoms. The molecule has 0 spiro atoms. The van der Waals surface area contributed by atoms with E-state index in [1.807, 2.05) is 0 Å². The van der Waals surface area contributed by atoms with E-state index in [1.165, 1.54) is 0 Å². The Bertz CT molecular complexity index is 788. The Morgan fingerprint density at radius 3 is 2.48 bits per heavy atom. The normalized spacial score (nSPS) is 16.2. The van der Waals surface area contributed by atoms with Crippen molar-refractivity contribution in [3.05, 3.63) is 70.9 Å². The summed E-state index contributed by atoms with van der Waals surface area (Å²) in [5.74, 6) is -0.709. The highest BCUT2D eigenvalue weighted by Gasteiger charge is 2.36. The quantitative estimate of drug-likeness (QED) is 0.639. The molecule has 1 aliphatic heterocycles. The van der Waals surface area contributed by atoms with Crippen LogP contribution < -0.4 is 0 Å². The van der Waals surface area contributed by atoms with E-state index in [9.17, 15) is 14.4 Å². The first-order chi connectivity index (χ1) is 11.1. The molecule has 5 nitrogen and oxygen atoms in total. The van der Waals surface area contributed by atoms with E-state index in [-0.39, 0.29) is 12.3 Å². The molecule has 0 unspecified atom stereocenters. The molecule has 2 heterocycles. The molecule has 23 heavy (non-hydrogen) atoms. The molecular weight excluding hydrogens is 312 g/mol. The number of nitrogens with zero attached hydrogens (tertiary/aromatic N) is 2. The Labute approximate surface area is 137 Å². The number of Topliss-reactive ketones (excluding diaryl/α,β-unsaturated/α-hetero) is 1. The van der Waals surface area contributed by atoms with Crippen molar-refractivity contribution in [3.63, 3.8) is 0 Å². The van der Waals surface area contributed by atoms with Crippen LogP contribution in [0.4, 0.5) is 4.79 Å². The number of rotatable bonds is 4. The van der Waals surface area contributed by atoms with Gasteiger partial charge >= 0.3 is 0 Å². The maximum atomic E-state index is 12.3. The standard InChI is InChI=1S/C17H12N2O3S/c20-14(13-4-2-1-3-5-13)11-19-16(21)15(23-17(19)22)10-12-6-8-18-9-7-12/h1-10H,11H2/b15-10+. The molecule has 1 aromatic carbocycles. The highest BCUT2D eigenvalue weighted by atomic mass is 32.2. The largest absolute Gasteiger partial charge is 0.293 e. The van der Waals surface area contributed by atoms with Gasteiger partial charge in [-0.05, 0) is 35.5 Å². The van der Waals surface area contributed by atoms with Gasteiger partial charge in [0.2, 0.25) is 0 Å². The minimum atomic E-state index is -0.443. The summed E-state index contributed by atoms with van der Waals surface area (Å²) in [6.45, 7) is -0.248. The van der Waals surface area contributed by atoms with Crippen LogP contribution in [0.3, 0.4) is 0 Å². The summed E-state index contributed by atoms with van der Waals surface area (Å²) in [4.78, 5) is 41.7. The number of hydrogen-bond acceptors (Lipinski definition) is 5. The second kappa shape index (κ2) is 6.58. The molecular formula is C17H12N2O3S. The van der Waals surface area contributed by atoms with Crippen LogP contribution in [0, 0.1) is 0 Å². The lowest BCUT2D eigenvalue weighted by Gasteiger charge is -2.11.